The van der Waals surface area contributed by atoms with Gasteiger partial charge in [-0.15, -0.1) is 0 Å². The van der Waals surface area contributed by atoms with Gasteiger partial charge >= 0.3 is 0 Å². The van der Waals surface area contributed by atoms with E-state index in [1.807, 2.05) is 12.1 Å². The van der Waals surface area contributed by atoms with Gasteiger partial charge in [-0.1, -0.05) is 31.5 Å². The minimum Gasteiger partial charge on any atom is -0.329 e. The Kier molecular flexibility index (Phi) is 5.29. The van der Waals surface area contributed by atoms with Crippen LogP contribution in [-0.2, 0) is 0 Å². The molecule has 2 unspecified atom stereocenters. The lowest BCUT2D eigenvalue weighted by atomic mass is 9.95. The molecule has 19 heavy (non-hydrogen) atoms. The highest BCUT2D eigenvalue weighted by Gasteiger charge is 2.30. The summed E-state index contributed by atoms with van der Waals surface area (Å²) in [5.41, 5.74) is 7.22. The highest BCUT2D eigenvalue weighted by Crippen LogP contribution is 2.33. The van der Waals surface area contributed by atoms with Crippen molar-refractivity contribution >= 4 is 27.5 Å². The van der Waals surface area contributed by atoms with E-state index in [1.54, 1.807) is 0 Å². The minimum absolute atomic E-state index is 0.286. The van der Waals surface area contributed by atoms with Crippen molar-refractivity contribution in [2.24, 2.45) is 17.6 Å². The van der Waals surface area contributed by atoms with Crippen molar-refractivity contribution in [1.29, 1.82) is 0 Å². The normalized spacial score (nSPS) is 22.1. The first-order valence-electron chi connectivity index (χ1n) is 6.92. The number of likely N-dealkylation sites (tertiary alicyclic amines) is 1. The van der Waals surface area contributed by atoms with Gasteiger partial charge in [0.25, 0.3) is 0 Å². The largest absolute Gasteiger partial charge is 0.329 e. The molecule has 1 fully saturated rings. The summed E-state index contributed by atoms with van der Waals surface area (Å²) < 4.78 is 0.940. The molecule has 1 saturated heterocycles. The van der Waals surface area contributed by atoms with Crippen LogP contribution in [0, 0.1) is 11.8 Å². The number of hydrogen-bond donors (Lipinski definition) is 1. The van der Waals surface area contributed by atoms with Crippen LogP contribution in [0.1, 0.15) is 31.9 Å². The average Bonchev–Trinajstić information content (AvgIpc) is 2.84. The zero-order chi connectivity index (χ0) is 14.0. The van der Waals surface area contributed by atoms with Gasteiger partial charge in [0.2, 0.25) is 0 Å². The molecule has 106 valence electrons. The van der Waals surface area contributed by atoms with Crippen LogP contribution in [0.5, 0.6) is 0 Å². The first-order chi connectivity index (χ1) is 9.02. The van der Waals surface area contributed by atoms with Gasteiger partial charge in [-0.2, -0.15) is 0 Å². The summed E-state index contributed by atoms with van der Waals surface area (Å²) in [6, 6.07) is 6.45. The molecule has 2 atom stereocenters. The summed E-state index contributed by atoms with van der Waals surface area (Å²) in [5.74, 6) is 1.54. The van der Waals surface area contributed by atoms with E-state index in [2.05, 4.69) is 40.7 Å². The summed E-state index contributed by atoms with van der Waals surface area (Å²) in [6.07, 6.45) is 1.28. The molecule has 1 aromatic carbocycles. The van der Waals surface area contributed by atoms with E-state index in [0.29, 0.717) is 6.54 Å². The fraction of sp³-hybridized carbons (Fsp3) is 0.600. The van der Waals surface area contributed by atoms with Gasteiger partial charge in [0.05, 0.1) is 5.02 Å². The first-order valence-corrected chi connectivity index (χ1v) is 8.09. The van der Waals surface area contributed by atoms with Crippen LogP contribution >= 0.6 is 27.5 Å². The number of nitrogens with zero attached hydrogens (tertiary/aromatic N) is 1. The standard InChI is InChI=1S/C15H22BrClN2/c1-10(2)12-5-6-19(9-12)15(8-18)11-3-4-13(16)14(17)7-11/h3-4,7,10,12,15H,5-6,8-9,18H2,1-2H3. The Labute approximate surface area is 129 Å². The van der Waals surface area contributed by atoms with Crippen molar-refractivity contribution in [1.82, 2.24) is 4.90 Å². The van der Waals surface area contributed by atoms with Crippen molar-refractivity contribution in [3.63, 3.8) is 0 Å². The molecule has 1 aromatic rings. The van der Waals surface area contributed by atoms with Gasteiger partial charge in [0.1, 0.15) is 0 Å². The Morgan fingerprint density at radius 2 is 2.21 bits per heavy atom. The molecular weight excluding hydrogens is 324 g/mol. The van der Waals surface area contributed by atoms with E-state index in [9.17, 15) is 0 Å². The van der Waals surface area contributed by atoms with E-state index in [1.165, 1.54) is 12.0 Å². The molecule has 1 aliphatic heterocycles. The molecule has 0 aromatic heterocycles. The third-order valence-electron chi connectivity index (χ3n) is 4.19. The van der Waals surface area contributed by atoms with Gasteiger partial charge in [0, 0.05) is 23.6 Å². The number of benzene rings is 1. The number of nitrogens with two attached hydrogens (primary N) is 1. The molecule has 2 nitrogen and oxygen atoms in total. The molecule has 4 heteroatoms. The Morgan fingerprint density at radius 3 is 2.74 bits per heavy atom. The molecule has 1 heterocycles. The molecule has 2 rings (SSSR count). The smallest absolute Gasteiger partial charge is 0.0551 e. The average molecular weight is 346 g/mol. The molecular formula is C15H22BrClN2. The van der Waals surface area contributed by atoms with E-state index in [0.717, 1.165) is 34.4 Å². The van der Waals surface area contributed by atoms with Gasteiger partial charge < -0.3 is 5.73 Å². The lowest BCUT2D eigenvalue weighted by Crippen LogP contribution is -2.32. The highest BCUT2D eigenvalue weighted by molar-refractivity contribution is 9.10. The summed E-state index contributed by atoms with van der Waals surface area (Å²) in [5, 5.41) is 0.760. The number of halogens is 2. The summed E-state index contributed by atoms with van der Waals surface area (Å²) in [4.78, 5) is 2.50. The monoisotopic (exact) mass is 344 g/mol. The van der Waals surface area contributed by atoms with E-state index in [4.69, 9.17) is 17.3 Å². The Hall–Kier alpha value is -0.0900. The van der Waals surface area contributed by atoms with E-state index < -0.39 is 0 Å². The van der Waals surface area contributed by atoms with Crippen LogP contribution < -0.4 is 5.73 Å². The second kappa shape index (κ2) is 6.57. The SMILES string of the molecule is CC(C)C1CCN(C(CN)c2ccc(Br)c(Cl)c2)C1. The van der Waals surface area contributed by atoms with E-state index in [-0.39, 0.29) is 6.04 Å². The predicted molar refractivity (Wildman–Crippen MR) is 85.5 cm³/mol. The lowest BCUT2D eigenvalue weighted by Gasteiger charge is -2.28. The zero-order valence-corrected chi connectivity index (χ0v) is 13.9. The van der Waals surface area contributed by atoms with Crippen LogP contribution in [0.25, 0.3) is 0 Å². The lowest BCUT2D eigenvalue weighted by molar-refractivity contribution is 0.232. The Balaban J connectivity index is 2.14. The third kappa shape index (κ3) is 3.52. The Bertz CT molecular complexity index is 436. The highest BCUT2D eigenvalue weighted by atomic mass is 79.9. The molecule has 0 bridgehead atoms. The van der Waals surface area contributed by atoms with Crippen LogP contribution in [0.4, 0.5) is 0 Å². The molecule has 0 amide bonds. The quantitative estimate of drug-likeness (QED) is 0.891. The summed E-state index contributed by atoms with van der Waals surface area (Å²) in [6.45, 7) is 7.54. The van der Waals surface area contributed by atoms with Crippen LogP contribution in [0.15, 0.2) is 22.7 Å². The molecule has 0 radical (unpaired) electrons. The predicted octanol–water partition coefficient (Wildman–Crippen LogP) is 4.08. The summed E-state index contributed by atoms with van der Waals surface area (Å²) in [7, 11) is 0. The van der Waals surface area contributed by atoms with Gasteiger partial charge in [0.15, 0.2) is 0 Å². The molecule has 1 aliphatic rings. The third-order valence-corrected chi connectivity index (χ3v) is 5.42. The van der Waals surface area contributed by atoms with Gasteiger partial charge in [-0.05, 0) is 58.4 Å². The maximum absolute atomic E-state index is 6.19. The first kappa shape index (κ1) is 15.3. The van der Waals surface area contributed by atoms with Crippen molar-refractivity contribution in [3.8, 4) is 0 Å². The fourth-order valence-electron chi connectivity index (χ4n) is 2.86. The molecule has 0 saturated carbocycles. The molecule has 0 aliphatic carbocycles. The maximum Gasteiger partial charge on any atom is 0.0551 e. The van der Waals surface area contributed by atoms with Crippen LogP contribution in [0.2, 0.25) is 5.02 Å². The van der Waals surface area contributed by atoms with Crippen molar-refractivity contribution in [2.75, 3.05) is 19.6 Å². The number of hydrogen-bond acceptors (Lipinski definition) is 2. The summed E-state index contributed by atoms with van der Waals surface area (Å²) >= 11 is 9.63. The van der Waals surface area contributed by atoms with Crippen molar-refractivity contribution in [3.05, 3.63) is 33.3 Å². The van der Waals surface area contributed by atoms with Crippen molar-refractivity contribution in [2.45, 2.75) is 26.3 Å². The minimum atomic E-state index is 0.286. The van der Waals surface area contributed by atoms with Gasteiger partial charge in [-0.25, -0.2) is 0 Å². The second-order valence-electron chi connectivity index (χ2n) is 5.71. The van der Waals surface area contributed by atoms with E-state index >= 15 is 0 Å². The zero-order valence-electron chi connectivity index (χ0n) is 11.6. The van der Waals surface area contributed by atoms with Gasteiger partial charge in [-0.3, -0.25) is 4.90 Å². The fourth-order valence-corrected chi connectivity index (χ4v) is 3.29. The van der Waals surface area contributed by atoms with Crippen LogP contribution in [-0.4, -0.2) is 24.5 Å². The molecule has 0 spiro atoms. The number of rotatable bonds is 4. The maximum atomic E-state index is 6.19. The van der Waals surface area contributed by atoms with Crippen LogP contribution in [0.3, 0.4) is 0 Å². The molecule has 2 N–H and O–H groups in total. The Morgan fingerprint density at radius 1 is 1.47 bits per heavy atom. The topological polar surface area (TPSA) is 29.3 Å². The second-order valence-corrected chi connectivity index (χ2v) is 6.97. The van der Waals surface area contributed by atoms with Crippen molar-refractivity contribution < 1.29 is 0 Å².